The number of hydrogen-bond acceptors (Lipinski definition) is 7. The Morgan fingerprint density at radius 2 is 2.00 bits per heavy atom. The molecule has 1 N–H and O–H groups in total. The average Bonchev–Trinajstić information content (AvgIpc) is 3.27. The number of rotatable bonds is 6. The zero-order valence-corrected chi connectivity index (χ0v) is 20.7. The van der Waals surface area contributed by atoms with Crippen molar-refractivity contribution in [3.8, 4) is 0 Å². The minimum absolute atomic E-state index is 0. The van der Waals surface area contributed by atoms with Crippen molar-refractivity contribution in [3.05, 3.63) is 53.1 Å². The Morgan fingerprint density at radius 1 is 1.26 bits per heavy atom. The molecule has 0 radical (unpaired) electrons. The highest BCUT2D eigenvalue weighted by molar-refractivity contribution is 7.89. The van der Waals surface area contributed by atoms with Crippen LogP contribution in [0.25, 0.3) is 0 Å². The summed E-state index contributed by atoms with van der Waals surface area (Å²) in [4.78, 5) is 22.0. The Kier molecular flexibility index (Phi) is 8.34. The van der Waals surface area contributed by atoms with Crippen LogP contribution in [-0.4, -0.2) is 68.2 Å². The van der Waals surface area contributed by atoms with Gasteiger partial charge in [0, 0.05) is 51.3 Å². The van der Waals surface area contributed by atoms with Crippen molar-refractivity contribution < 1.29 is 22.4 Å². The fraction of sp³-hybridized carbons (Fsp3) is 0.381. The van der Waals surface area contributed by atoms with Crippen LogP contribution in [0.5, 0.6) is 0 Å². The lowest BCUT2D eigenvalue weighted by Crippen LogP contribution is -2.49. The van der Waals surface area contributed by atoms with Gasteiger partial charge in [-0.3, -0.25) is 4.79 Å². The molecule has 0 saturated carbocycles. The highest BCUT2D eigenvalue weighted by atomic mass is 35.5. The molecular formula is C21H24Cl2FN5O4S. The molecule has 0 aliphatic carbocycles. The molecule has 1 aromatic heterocycles. The zero-order valence-electron chi connectivity index (χ0n) is 18.3. The average molecular weight is 532 g/mol. The number of anilines is 1. The quantitative estimate of drug-likeness (QED) is 0.574. The monoisotopic (exact) mass is 531 g/mol. The third-order valence-electron chi connectivity index (χ3n) is 5.51. The maximum atomic E-state index is 14.9. The van der Waals surface area contributed by atoms with Gasteiger partial charge in [-0.25, -0.2) is 17.8 Å². The molecule has 0 spiro atoms. The maximum Gasteiger partial charge on any atom is 0.246 e. The Balaban J connectivity index is 0.00000324. The number of sulfonamides is 1. The number of oxime groups is 1. The van der Waals surface area contributed by atoms with Crippen molar-refractivity contribution in [2.75, 3.05) is 37.6 Å². The largest absolute Gasteiger partial charge is 0.390 e. The van der Waals surface area contributed by atoms with Gasteiger partial charge < -0.3 is 15.1 Å². The van der Waals surface area contributed by atoms with E-state index in [0.717, 1.165) is 0 Å². The van der Waals surface area contributed by atoms with Crippen LogP contribution in [0.2, 0.25) is 5.15 Å². The molecule has 34 heavy (non-hydrogen) atoms. The number of nitrogens with zero attached hydrogens (tertiary/aromatic N) is 4. The molecule has 3 heterocycles. The van der Waals surface area contributed by atoms with E-state index in [9.17, 15) is 17.6 Å². The molecule has 2 aliphatic rings. The van der Waals surface area contributed by atoms with E-state index >= 15 is 0 Å². The van der Waals surface area contributed by atoms with Crippen molar-refractivity contribution in [2.45, 2.75) is 24.3 Å². The van der Waals surface area contributed by atoms with Gasteiger partial charge in [0.05, 0.1) is 17.9 Å². The molecule has 4 rings (SSSR count). The van der Waals surface area contributed by atoms with Crippen LogP contribution in [0.15, 0.2) is 46.6 Å². The summed E-state index contributed by atoms with van der Waals surface area (Å²) in [5.74, 6) is -0.578. The highest BCUT2D eigenvalue weighted by Crippen LogP contribution is 2.27. The van der Waals surface area contributed by atoms with Gasteiger partial charge in [-0.1, -0.05) is 22.8 Å². The molecule has 1 atom stereocenters. The third kappa shape index (κ3) is 5.60. The molecule has 0 bridgehead atoms. The first kappa shape index (κ1) is 26.1. The van der Waals surface area contributed by atoms with Crippen LogP contribution >= 0.6 is 24.0 Å². The summed E-state index contributed by atoms with van der Waals surface area (Å²) >= 11 is 5.97. The molecule has 1 aromatic carbocycles. The van der Waals surface area contributed by atoms with Crippen LogP contribution in [0.4, 0.5) is 10.1 Å². The number of benzene rings is 1. The molecule has 1 amide bonds. The van der Waals surface area contributed by atoms with Crippen LogP contribution in [0.1, 0.15) is 18.9 Å². The third-order valence-corrected chi connectivity index (χ3v) is 7.86. The number of carbonyl (C=O) groups excluding carboxylic acids is 1. The number of halogens is 3. The summed E-state index contributed by atoms with van der Waals surface area (Å²) in [6.45, 7) is 2.81. The van der Waals surface area contributed by atoms with Gasteiger partial charge in [-0.05, 0) is 24.3 Å². The topological polar surface area (TPSA) is 104 Å². The van der Waals surface area contributed by atoms with Gasteiger partial charge in [-0.2, -0.15) is 4.31 Å². The van der Waals surface area contributed by atoms with E-state index in [4.69, 9.17) is 16.4 Å². The van der Waals surface area contributed by atoms with E-state index in [0.29, 0.717) is 43.0 Å². The Hall–Kier alpha value is -2.47. The maximum absolute atomic E-state index is 14.9. The predicted molar refractivity (Wildman–Crippen MR) is 129 cm³/mol. The zero-order chi connectivity index (χ0) is 23.6. The second-order valence-corrected chi connectivity index (χ2v) is 10.0. The van der Waals surface area contributed by atoms with E-state index in [1.54, 1.807) is 12.1 Å². The smallest absolute Gasteiger partial charge is 0.246 e. The van der Waals surface area contributed by atoms with Gasteiger partial charge in [0.15, 0.2) is 0 Å². The van der Waals surface area contributed by atoms with Crippen LogP contribution in [0, 0.1) is 5.82 Å². The fourth-order valence-corrected chi connectivity index (χ4v) is 5.63. The lowest BCUT2D eigenvalue weighted by atomic mass is 10.0. The molecular weight excluding hydrogens is 508 g/mol. The Morgan fingerprint density at radius 3 is 2.65 bits per heavy atom. The van der Waals surface area contributed by atoms with Gasteiger partial charge in [-0.15, -0.1) is 12.4 Å². The van der Waals surface area contributed by atoms with E-state index in [-0.39, 0.29) is 47.6 Å². The molecule has 2 aliphatic heterocycles. The van der Waals surface area contributed by atoms with Gasteiger partial charge >= 0.3 is 0 Å². The SMILES string of the molecule is CC(=O)NCC1CC(c2ccc(N3CCN(S(=O)(=O)c4cccnc4Cl)CC3)c(F)c2)=NO1.Cl. The van der Waals surface area contributed by atoms with Crippen molar-refractivity contribution in [1.29, 1.82) is 0 Å². The number of nitrogens with one attached hydrogen (secondary N) is 1. The normalized spacial score (nSPS) is 18.6. The lowest BCUT2D eigenvalue weighted by Gasteiger charge is -2.35. The standard InChI is InChI=1S/C21H23ClFN5O4S.ClH/c1-14(29)25-13-16-12-18(26-32-16)15-4-5-19(17(23)11-15)27-7-9-28(10-8-27)33(30,31)20-3-2-6-24-21(20)22;/h2-6,11,16H,7-10,12-13H2,1H3,(H,25,29);1H. The molecule has 9 nitrogen and oxygen atoms in total. The summed E-state index contributed by atoms with van der Waals surface area (Å²) < 4.78 is 42.0. The summed E-state index contributed by atoms with van der Waals surface area (Å²) in [5.41, 5.74) is 1.61. The molecule has 13 heteroatoms. The second kappa shape index (κ2) is 10.9. The Bertz CT molecular complexity index is 1190. The van der Waals surface area contributed by atoms with Crippen molar-refractivity contribution in [3.63, 3.8) is 0 Å². The summed E-state index contributed by atoms with van der Waals surface area (Å²) in [6.07, 6.45) is 1.61. The van der Waals surface area contributed by atoms with Gasteiger partial charge in [0.1, 0.15) is 22.0 Å². The van der Waals surface area contributed by atoms with Crippen LogP contribution < -0.4 is 10.2 Å². The molecule has 184 valence electrons. The van der Waals surface area contributed by atoms with E-state index in [2.05, 4.69) is 15.5 Å². The van der Waals surface area contributed by atoms with Crippen LogP contribution in [-0.2, 0) is 19.7 Å². The molecule has 2 aromatic rings. The first-order valence-corrected chi connectivity index (χ1v) is 12.2. The molecule has 1 saturated heterocycles. The number of piperazine rings is 1. The van der Waals surface area contributed by atoms with Crippen LogP contribution in [0.3, 0.4) is 0 Å². The van der Waals surface area contributed by atoms with Crippen molar-refractivity contribution in [2.24, 2.45) is 5.16 Å². The first-order chi connectivity index (χ1) is 15.8. The Labute approximate surface area is 208 Å². The number of hydrogen-bond donors (Lipinski definition) is 1. The van der Waals surface area contributed by atoms with Crippen molar-refractivity contribution in [1.82, 2.24) is 14.6 Å². The number of pyridine rings is 1. The first-order valence-electron chi connectivity index (χ1n) is 10.4. The summed E-state index contributed by atoms with van der Waals surface area (Å²) in [5, 5.41) is 6.62. The molecule has 1 unspecified atom stereocenters. The predicted octanol–water partition coefficient (Wildman–Crippen LogP) is 2.44. The highest BCUT2D eigenvalue weighted by Gasteiger charge is 2.31. The minimum atomic E-state index is -3.78. The van der Waals surface area contributed by atoms with E-state index in [1.165, 1.54) is 35.6 Å². The molecule has 1 fully saturated rings. The van der Waals surface area contributed by atoms with Gasteiger partial charge in [0.2, 0.25) is 15.9 Å². The second-order valence-electron chi connectivity index (χ2n) is 7.76. The lowest BCUT2D eigenvalue weighted by molar-refractivity contribution is -0.119. The van der Waals surface area contributed by atoms with E-state index < -0.39 is 15.8 Å². The number of aromatic nitrogens is 1. The number of amides is 1. The van der Waals surface area contributed by atoms with E-state index in [1.807, 2.05) is 4.90 Å². The van der Waals surface area contributed by atoms with Gasteiger partial charge in [0.25, 0.3) is 0 Å². The fourth-order valence-electron chi connectivity index (χ4n) is 3.78. The summed E-state index contributed by atoms with van der Waals surface area (Å²) in [7, 11) is -3.78. The minimum Gasteiger partial charge on any atom is -0.390 e. The summed E-state index contributed by atoms with van der Waals surface area (Å²) in [6, 6.07) is 7.77. The number of carbonyl (C=O) groups is 1. The van der Waals surface area contributed by atoms with Crippen molar-refractivity contribution >= 4 is 51.3 Å².